The number of nitrogens with zero attached hydrogens (tertiary/aromatic N) is 2. The second-order valence-electron chi connectivity index (χ2n) is 7.31. The maximum atomic E-state index is 12.9. The standard InChI is InChI=1S/C24H17BrN4O7/c25-17-10-16(22(30)19(11-17)29(33)34)12-26-28-24(32)18(27-23(31)15-4-2-1-3-5-15)8-14-6-7-20-21(9-14)36-13-35-20/h1-12,30H,13H2,(H,27,31)(H,28,32)/b18-8+,26-12+. The van der Waals surface area contributed by atoms with Crippen LogP contribution in [-0.2, 0) is 4.79 Å². The molecular formula is C24H17BrN4O7. The third kappa shape index (κ3) is 5.67. The van der Waals surface area contributed by atoms with Crippen molar-refractivity contribution in [3.63, 3.8) is 0 Å². The summed E-state index contributed by atoms with van der Waals surface area (Å²) in [6.45, 7) is 0.0793. The number of carbonyl (C=O) groups excluding carboxylic acids is 2. The Morgan fingerprint density at radius 2 is 1.83 bits per heavy atom. The highest BCUT2D eigenvalue weighted by molar-refractivity contribution is 9.10. The summed E-state index contributed by atoms with van der Waals surface area (Å²) in [4.78, 5) is 36.0. The molecule has 0 fully saturated rings. The van der Waals surface area contributed by atoms with Crippen LogP contribution in [0.25, 0.3) is 6.08 Å². The number of nitro benzene ring substituents is 1. The SMILES string of the molecule is O=C(N/N=C/c1cc(Br)cc([N+](=O)[O-])c1O)/C(=C\c1ccc2c(c1)OCO2)NC(=O)c1ccccc1. The molecule has 0 saturated heterocycles. The van der Waals surface area contributed by atoms with Crippen molar-refractivity contribution in [2.75, 3.05) is 6.79 Å². The fraction of sp³-hybridized carbons (Fsp3) is 0.0417. The topological polar surface area (TPSA) is 152 Å². The van der Waals surface area contributed by atoms with Crippen molar-refractivity contribution in [2.24, 2.45) is 5.10 Å². The molecular weight excluding hydrogens is 536 g/mol. The van der Waals surface area contributed by atoms with E-state index in [-0.39, 0.29) is 18.1 Å². The molecule has 0 bridgehead atoms. The van der Waals surface area contributed by atoms with E-state index in [1.165, 1.54) is 12.1 Å². The number of phenols is 1. The number of nitro groups is 1. The van der Waals surface area contributed by atoms with Crippen LogP contribution >= 0.6 is 15.9 Å². The van der Waals surface area contributed by atoms with Gasteiger partial charge in [0.2, 0.25) is 12.5 Å². The van der Waals surface area contributed by atoms with E-state index < -0.39 is 28.2 Å². The molecule has 182 valence electrons. The minimum Gasteiger partial charge on any atom is -0.502 e. The quantitative estimate of drug-likeness (QED) is 0.175. The molecule has 0 atom stereocenters. The number of hydrazone groups is 1. The molecule has 11 nitrogen and oxygen atoms in total. The summed E-state index contributed by atoms with van der Waals surface area (Å²) in [7, 11) is 0. The average molecular weight is 553 g/mol. The van der Waals surface area contributed by atoms with Gasteiger partial charge in [0.05, 0.1) is 11.1 Å². The maximum absolute atomic E-state index is 12.9. The van der Waals surface area contributed by atoms with Crippen molar-refractivity contribution in [2.45, 2.75) is 0 Å². The largest absolute Gasteiger partial charge is 0.502 e. The van der Waals surface area contributed by atoms with Gasteiger partial charge in [-0.25, -0.2) is 5.43 Å². The van der Waals surface area contributed by atoms with Gasteiger partial charge in [-0.1, -0.05) is 40.2 Å². The van der Waals surface area contributed by atoms with Crippen molar-refractivity contribution >= 4 is 45.7 Å². The first-order chi connectivity index (χ1) is 17.3. The van der Waals surface area contributed by atoms with E-state index in [9.17, 15) is 24.8 Å². The fourth-order valence-electron chi connectivity index (χ4n) is 3.18. The molecule has 4 rings (SSSR count). The summed E-state index contributed by atoms with van der Waals surface area (Å²) in [6, 6.07) is 15.8. The number of ether oxygens (including phenoxy) is 2. The van der Waals surface area contributed by atoms with E-state index in [1.54, 1.807) is 48.5 Å². The Morgan fingerprint density at radius 1 is 1.08 bits per heavy atom. The molecule has 3 aromatic rings. The molecule has 36 heavy (non-hydrogen) atoms. The molecule has 0 unspecified atom stereocenters. The van der Waals surface area contributed by atoms with Crippen LogP contribution in [-0.4, -0.2) is 34.9 Å². The zero-order chi connectivity index (χ0) is 25.7. The zero-order valence-corrected chi connectivity index (χ0v) is 19.9. The molecule has 0 spiro atoms. The normalized spacial score (nSPS) is 12.4. The molecule has 0 radical (unpaired) electrons. The Bertz CT molecular complexity index is 1410. The Kier molecular flexibility index (Phi) is 7.25. The highest BCUT2D eigenvalue weighted by Gasteiger charge is 2.19. The van der Waals surface area contributed by atoms with Crippen LogP contribution in [0.15, 0.2) is 75.9 Å². The van der Waals surface area contributed by atoms with Crippen LogP contribution in [0.4, 0.5) is 5.69 Å². The third-order valence-electron chi connectivity index (χ3n) is 4.89. The lowest BCUT2D eigenvalue weighted by Crippen LogP contribution is -2.32. The van der Waals surface area contributed by atoms with Crippen LogP contribution in [0.1, 0.15) is 21.5 Å². The lowest BCUT2D eigenvalue weighted by atomic mass is 10.1. The molecule has 3 N–H and O–H groups in total. The number of rotatable bonds is 7. The van der Waals surface area contributed by atoms with Crippen molar-refractivity contribution in [3.05, 3.63) is 97.6 Å². The van der Waals surface area contributed by atoms with Gasteiger partial charge in [-0.2, -0.15) is 5.10 Å². The van der Waals surface area contributed by atoms with Crippen molar-refractivity contribution in [1.82, 2.24) is 10.7 Å². The van der Waals surface area contributed by atoms with Crippen LogP contribution in [0.2, 0.25) is 0 Å². The van der Waals surface area contributed by atoms with Gasteiger partial charge in [0.1, 0.15) is 5.70 Å². The summed E-state index contributed by atoms with van der Waals surface area (Å²) in [5.41, 5.74) is 2.45. The molecule has 3 aromatic carbocycles. The first-order valence-corrected chi connectivity index (χ1v) is 11.1. The average Bonchev–Trinajstić information content (AvgIpc) is 3.33. The minimum atomic E-state index is -0.780. The number of aromatic hydroxyl groups is 1. The molecule has 12 heteroatoms. The number of carbonyl (C=O) groups is 2. The van der Waals surface area contributed by atoms with E-state index >= 15 is 0 Å². The van der Waals surface area contributed by atoms with Gasteiger partial charge in [-0.3, -0.25) is 19.7 Å². The van der Waals surface area contributed by atoms with Gasteiger partial charge in [-0.05, 0) is 42.0 Å². The van der Waals surface area contributed by atoms with Gasteiger partial charge >= 0.3 is 5.69 Å². The maximum Gasteiger partial charge on any atom is 0.312 e. The van der Waals surface area contributed by atoms with E-state index in [0.717, 1.165) is 12.3 Å². The van der Waals surface area contributed by atoms with E-state index in [2.05, 4.69) is 31.8 Å². The van der Waals surface area contributed by atoms with Gasteiger partial charge in [0.15, 0.2) is 11.5 Å². The summed E-state index contributed by atoms with van der Waals surface area (Å²) < 4.78 is 11.0. The number of hydrogen-bond acceptors (Lipinski definition) is 8. The Morgan fingerprint density at radius 3 is 2.58 bits per heavy atom. The highest BCUT2D eigenvalue weighted by Crippen LogP contribution is 2.33. The number of benzene rings is 3. The second kappa shape index (κ2) is 10.7. The number of fused-ring (bicyclic) bond motifs is 1. The van der Waals surface area contributed by atoms with Crippen molar-refractivity contribution < 1.29 is 29.1 Å². The number of amides is 2. The number of phenolic OH excluding ortho intramolecular Hbond substituents is 1. The minimum absolute atomic E-state index is 0.00834. The number of nitrogens with one attached hydrogen (secondary N) is 2. The fourth-order valence-corrected chi connectivity index (χ4v) is 3.64. The van der Waals surface area contributed by atoms with E-state index in [4.69, 9.17) is 9.47 Å². The summed E-state index contributed by atoms with van der Waals surface area (Å²) in [5, 5.41) is 27.6. The van der Waals surface area contributed by atoms with Crippen LogP contribution in [0, 0.1) is 10.1 Å². The summed E-state index contributed by atoms with van der Waals surface area (Å²) in [5.74, 6) is -0.879. The predicted octanol–water partition coefficient (Wildman–Crippen LogP) is 3.71. The van der Waals surface area contributed by atoms with Gasteiger partial charge < -0.3 is 19.9 Å². The molecule has 1 aliphatic rings. The summed E-state index contributed by atoms with van der Waals surface area (Å²) in [6.07, 6.45) is 2.47. The zero-order valence-electron chi connectivity index (χ0n) is 18.3. The van der Waals surface area contributed by atoms with Gasteiger partial charge in [0.25, 0.3) is 11.8 Å². The first kappa shape index (κ1) is 24.4. The lowest BCUT2D eigenvalue weighted by molar-refractivity contribution is -0.385. The Hall–Kier alpha value is -4.71. The smallest absolute Gasteiger partial charge is 0.312 e. The van der Waals surface area contributed by atoms with Crippen molar-refractivity contribution in [3.8, 4) is 17.2 Å². The lowest BCUT2D eigenvalue weighted by Gasteiger charge is -2.09. The van der Waals surface area contributed by atoms with Gasteiger partial charge in [0, 0.05) is 21.7 Å². The van der Waals surface area contributed by atoms with Crippen LogP contribution in [0.3, 0.4) is 0 Å². The predicted molar refractivity (Wildman–Crippen MR) is 133 cm³/mol. The molecule has 0 aliphatic carbocycles. The van der Waals surface area contributed by atoms with E-state index in [1.807, 2.05) is 0 Å². The second-order valence-corrected chi connectivity index (χ2v) is 8.23. The molecule has 1 aliphatic heterocycles. The van der Waals surface area contributed by atoms with E-state index in [0.29, 0.717) is 27.1 Å². The molecule has 2 amide bonds. The number of halogens is 1. The van der Waals surface area contributed by atoms with Crippen LogP contribution < -0.4 is 20.2 Å². The molecule has 1 heterocycles. The Labute approximate surface area is 212 Å². The molecule has 0 aromatic heterocycles. The number of hydrogen-bond donors (Lipinski definition) is 3. The third-order valence-corrected chi connectivity index (χ3v) is 5.34. The first-order valence-electron chi connectivity index (χ1n) is 10.3. The van der Waals surface area contributed by atoms with Crippen molar-refractivity contribution in [1.29, 1.82) is 0 Å². The van der Waals surface area contributed by atoms with Gasteiger partial charge in [-0.15, -0.1) is 0 Å². The monoisotopic (exact) mass is 552 g/mol. The highest BCUT2D eigenvalue weighted by atomic mass is 79.9. The van der Waals surface area contributed by atoms with Crippen LogP contribution in [0.5, 0.6) is 17.2 Å². The summed E-state index contributed by atoms with van der Waals surface area (Å²) >= 11 is 3.13. The molecule has 0 saturated carbocycles. The Balaban J connectivity index is 1.59.